The van der Waals surface area contributed by atoms with E-state index in [0.29, 0.717) is 23.2 Å². The van der Waals surface area contributed by atoms with E-state index in [0.717, 1.165) is 17.1 Å². The lowest BCUT2D eigenvalue weighted by atomic mass is 9.76. The van der Waals surface area contributed by atoms with Crippen LogP contribution >= 0.6 is 11.6 Å². The van der Waals surface area contributed by atoms with E-state index in [1.165, 1.54) is 11.1 Å². The molecule has 0 radical (unpaired) electrons. The Balaban J connectivity index is 1.45. The molecule has 144 valence electrons. The monoisotopic (exact) mass is 401 g/mol. The topological polar surface area (TPSA) is 42.2 Å². The minimum Gasteiger partial charge on any atom is -0.465 e. The lowest BCUT2D eigenvalue weighted by molar-refractivity contribution is 0.104. The van der Waals surface area contributed by atoms with Gasteiger partial charge in [0, 0.05) is 22.2 Å². The molecule has 4 heteroatoms. The number of rotatable bonds is 4. The first kappa shape index (κ1) is 18.0. The maximum Gasteiger partial charge on any atom is 0.185 e. The second-order valence-electron chi connectivity index (χ2n) is 7.54. The van der Waals surface area contributed by atoms with E-state index in [1.807, 2.05) is 36.4 Å². The molecule has 2 aromatic carbocycles. The van der Waals surface area contributed by atoms with Gasteiger partial charge in [0.15, 0.2) is 5.78 Å². The normalized spacial score (nSPS) is 22.3. The van der Waals surface area contributed by atoms with Gasteiger partial charge in [-0.05, 0) is 78.1 Å². The summed E-state index contributed by atoms with van der Waals surface area (Å²) in [4.78, 5) is 12.7. The molecule has 0 bridgehead atoms. The van der Waals surface area contributed by atoms with E-state index in [9.17, 15) is 4.79 Å². The van der Waals surface area contributed by atoms with Crippen molar-refractivity contribution >= 4 is 29.1 Å². The van der Waals surface area contributed by atoms with Gasteiger partial charge in [0.25, 0.3) is 0 Å². The quantitative estimate of drug-likeness (QED) is 0.302. The second kappa shape index (κ2) is 7.41. The highest BCUT2D eigenvalue weighted by Gasteiger charge is 2.38. The predicted octanol–water partition coefficient (Wildman–Crippen LogP) is 6.66. The summed E-state index contributed by atoms with van der Waals surface area (Å²) in [5.74, 6) is 1.37. The van der Waals surface area contributed by atoms with Crippen LogP contribution in [0.5, 0.6) is 0 Å². The van der Waals surface area contributed by atoms with Crippen molar-refractivity contribution < 1.29 is 9.21 Å². The summed E-state index contributed by atoms with van der Waals surface area (Å²) in [7, 11) is 0. The van der Waals surface area contributed by atoms with Gasteiger partial charge in [-0.15, -0.1) is 0 Å². The highest BCUT2D eigenvalue weighted by atomic mass is 35.5. The molecule has 0 saturated carbocycles. The van der Waals surface area contributed by atoms with Crippen molar-refractivity contribution in [3.8, 4) is 0 Å². The highest BCUT2D eigenvalue weighted by Crippen LogP contribution is 2.50. The largest absolute Gasteiger partial charge is 0.465 e. The summed E-state index contributed by atoms with van der Waals surface area (Å²) in [5, 5.41) is 4.44. The van der Waals surface area contributed by atoms with Gasteiger partial charge in [-0.1, -0.05) is 35.9 Å². The molecule has 1 aliphatic heterocycles. The third-order valence-corrected chi connectivity index (χ3v) is 6.07. The maximum absolute atomic E-state index is 12.7. The van der Waals surface area contributed by atoms with Gasteiger partial charge in [0.2, 0.25) is 0 Å². The molecular formula is C25H20ClNO2. The van der Waals surface area contributed by atoms with E-state index >= 15 is 0 Å². The molecule has 5 rings (SSSR count). The molecule has 1 N–H and O–H groups in total. The molecule has 0 amide bonds. The van der Waals surface area contributed by atoms with Gasteiger partial charge in [0.1, 0.15) is 5.76 Å². The third kappa shape index (κ3) is 3.43. The van der Waals surface area contributed by atoms with E-state index in [1.54, 1.807) is 24.5 Å². The number of anilines is 1. The molecular weight excluding hydrogens is 382 g/mol. The Hall–Kier alpha value is -3.04. The number of hydrogen-bond acceptors (Lipinski definition) is 3. The molecule has 0 fully saturated rings. The molecule has 2 aliphatic rings. The van der Waals surface area contributed by atoms with Crippen LogP contribution in [0.2, 0.25) is 5.02 Å². The fourth-order valence-electron chi connectivity index (χ4n) is 4.39. The fourth-order valence-corrected chi connectivity index (χ4v) is 4.51. The summed E-state index contributed by atoms with van der Waals surface area (Å²) in [6, 6.07) is 17.9. The first-order valence-corrected chi connectivity index (χ1v) is 10.2. The number of allylic oxidation sites excluding steroid dienone is 3. The number of ketones is 1. The molecule has 1 aliphatic carbocycles. The van der Waals surface area contributed by atoms with Crippen molar-refractivity contribution in [1.29, 1.82) is 0 Å². The van der Waals surface area contributed by atoms with Crippen molar-refractivity contribution in [1.82, 2.24) is 0 Å². The maximum atomic E-state index is 12.7. The Morgan fingerprint density at radius 3 is 2.79 bits per heavy atom. The zero-order valence-electron chi connectivity index (χ0n) is 15.7. The van der Waals surface area contributed by atoms with Crippen molar-refractivity contribution in [2.75, 3.05) is 5.32 Å². The van der Waals surface area contributed by atoms with Crippen molar-refractivity contribution in [2.45, 2.75) is 18.4 Å². The summed E-state index contributed by atoms with van der Waals surface area (Å²) >= 11 is 6.07. The molecule has 29 heavy (non-hydrogen) atoms. The van der Waals surface area contributed by atoms with Crippen LogP contribution in [0.15, 0.2) is 83.5 Å². The molecule has 3 nitrogen and oxygen atoms in total. The van der Waals surface area contributed by atoms with Gasteiger partial charge in [0.05, 0.1) is 12.3 Å². The van der Waals surface area contributed by atoms with Gasteiger partial charge in [-0.25, -0.2) is 0 Å². The Morgan fingerprint density at radius 2 is 2.00 bits per heavy atom. The number of carbonyl (C=O) groups is 1. The number of halogens is 1. The lowest BCUT2D eigenvalue weighted by Crippen LogP contribution is -2.29. The minimum atomic E-state index is -0.0254. The number of fused-ring (bicyclic) bond motifs is 3. The first-order valence-electron chi connectivity index (χ1n) is 9.77. The molecule has 0 unspecified atom stereocenters. The number of benzene rings is 2. The van der Waals surface area contributed by atoms with E-state index in [2.05, 4.69) is 29.6 Å². The van der Waals surface area contributed by atoms with Gasteiger partial charge in [-0.3, -0.25) is 4.79 Å². The van der Waals surface area contributed by atoms with Crippen LogP contribution < -0.4 is 5.32 Å². The summed E-state index contributed by atoms with van der Waals surface area (Å²) in [5.41, 5.74) is 4.20. The second-order valence-corrected chi connectivity index (χ2v) is 7.98. The zero-order valence-corrected chi connectivity index (χ0v) is 16.5. The molecule has 3 aromatic rings. The molecule has 3 atom stereocenters. The SMILES string of the molecule is O=C(/C=C/c1ccco1)c1ccc2c(c1)[C@H]1C=CC[C@@H]1[C@H](c1ccc(Cl)cc1)N2. The zero-order chi connectivity index (χ0) is 19.8. The standard InChI is InChI=1S/C25H20ClNO2/c26-18-9-6-16(7-10-18)25-21-5-1-4-20(21)22-15-17(8-12-23(22)27-25)24(28)13-11-19-3-2-14-29-19/h1-4,6-15,20-21,25,27H,5H2/b13-11+/t20-,21-,25-/m0/s1. The summed E-state index contributed by atoms with van der Waals surface area (Å²) in [6.45, 7) is 0. The average molecular weight is 402 g/mol. The highest BCUT2D eigenvalue weighted by molar-refractivity contribution is 6.30. The molecule has 0 saturated heterocycles. The Labute approximate surface area is 174 Å². The molecule has 1 aromatic heterocycles. The van der Waals surface area contributed by atoms with Crippen molar-refractivity contribution in [3.63, 3.8) is 0 Å². The van der Waals surface area contributed by atoms with E-state index in [4.69, 9.17) is 16.0 Å². The summed E-state index contributed by atoms with van der Waals surface area (Å²) in [6.07, 6.45) is 10.4. The smallest absolute Gasteiger partial charge is 0.185 e. The van der Waals surface area contributed by atoms with Crippen molar-refractivity contribution in [2.24, 2.45) is 5.92 Å². The minimum absolute atomic E-state index is 0.0254. The lowest BCUT2D eigenvalue weighted by Gasteiger charge is -2.37. The number of furan rings is 1. The Bertz CT molecular complexity index is 1100. The summed E-state index contributed by atoms with van der Waals surface area (Å²) < 4.78 is 5.26. The van der Waals surface area contributed by atoms with Crippen LogP contribution in [0.1, 0.15) is 45.6 Å². The number of carbonyl (C=O) groups excluding carboxylic acids is 1. The Kier molecular flexibility index (Phi) is 4.61. The van der Waals surface area contributed by atoms with Crippen LogP contribution in [0, 0.1) is 5.92 Å². The fraction of sp³-hybridized carbons (Fsp3) is 0.160. The van der Waals surface area contributed by atoms with E-state index < -0.39 is 0 Å². The average Bonchev–Trinajstić information content (AvgIpc) is 3.44. The van der Waals surface area contributed by atoms with Crippen LogP contribution in [0.3, 0.4) is 0 Å². The van der Waals surface area contributed by atoms with Gasteiger partial charge in [-0.2, -0.15) is 0 Å². The van der Waals surface area contributed by atoms with Gasteiger partial charge < -0.3 is 9.73 Å². The molecule has 2 heterocycles. The van der Waals surface area contributed by atoms with Crippen LogP contribution in [0.4, 0.5) is 5.69 Å². The Morgan fingerprint density at radius 1 is 1.14 bits per heavy atom. The van der Waals surface area contributed by atoms with E-state index in [-0.39, 0.29) is 11.8 Å². The third-order valence-electron chi connectivity index (χ3n) is 5.82. The first-order chi connectivity index (χ1) is 14.2. The number of hydrogen-bond donors (Lipinski definition) is 1. The number of nitrogens with one attached hydrogen (secondary N) is 1. The molecule has 0 spiro atoms. The van der Waals surface area contributed by atoms with Crippen LogP contribution in [-0.4, -0.2) is 5.78 Å². The predicted molar refractivity (Wildman–Crippen MR) is 116 cm³/mol. The van der Waals surface area contributed by atoms with Crippen LogP contribution in [0.25, 0.3) is 6.08 Å². The van der Waals surface area contributed by atoms with Crippen molar-refractivity contribution in [3.05, 3.63) is 107 Å². The van der Waals surface area contributed by atoms with Gasteiger partial charge >= 0.3 is 0 Å². The van der Waals surface area contributed by atoms with Crippen LogP contribution in [-0.2, 0) is 0 Å².